The first-order valence-electron chi connectivity index (χ1n) is 6.82. The lowest BCUT2D eigenvalue weighted by atomic mass is 10.1. The molecule has 0 aromatic carbocycles. The highest BCUT2D eigenvalue weighted by molar-refractivity contribution is 7.66. The first-order valence-corrected chi connectivity index (χ1v) is 11.3. The van der Waals surface area contributed by atoms with E-state index in [0.717, 1.165) is 0 Å². The molecule has 1 fully saturated rings. The summed E-state index contributed by atoms with van der Waals surface area (Å²) in [5, 5.41) is 9.91. The SMILES string of the molecule is C#CCOC1[C@@H](COP(=O)(O)OP(=O)(O)OP(=O)(O)OC)O[C@@H](C)[C@H]1O. The molecule has 0 spiro atoms. The molecule has 1 aliphatic heterocycles. The molecule has 13 nitrogen and oxygen atoms in total. The zero-order valence-electron chi connectivity index (χ0n) is 13.6. The van der Waals surface area contributed by atoms with Crippen molar-refractivity contribution in [2.75, 3.05) is 20.3 Å². The van der Waals surface area contributed by atoms with Gasteiger partial charge in [0, 0.05) is 7.11 Å². The van der Waals surface area contributed by atoms with Crippen molar-refractivity contribution >= 4 is 23.5 Å². The molecule has 0 aromatic heterocycles. The maximum atomic E-state index is 11.7. The lowest BCUT2D eigenvalue weighted by Crippen LogP contribution is -2.36. The standard InChI is InChI=1S/C10H19O13P3/c1-4-5-19-10-8(21-7(2)9(10)11)6-20-25(14,15)23-26(16,17)22-24(12,13)18-3/h1,7-11H,5-6H2,2-3H3,(H,12,13)(H,14,15)(H,16,17)/t7-,8+,9+,10?/m0/s1. The molecule has 7 atom stereocenters. The van der Waals surface area contributed by atoms with Crippen molar-refractivity contribution in [2.45, 2.75) is 31.3 Å². The second kappa shape index (κ2) is 9.37. The Labute approximate surface area is 149 Å². The van der Waals surface area contributed by atoms with E-state index in [4.69, 9.17) is 20.8 Å². The normalized spacial score (nSPS) is 33.0. The molecule has 0 saturated carbocycles. The second-order valence-electron chi connectivity index (χ2n) is 4.90. The fraction of sp³-hybridized carbons (Fsp3) is 0.800. The Bertz CT molecular complexity index is 659. The van der Waals surface area contributed by atoms with Crippen LogP contribution in [0.4, 0.5) is 0 Å². The summed E-state index contributed by atoms with van der Waals surface area (Å²) in [6.07, 6.45) is 1.18. The van der Waals surface area contributed by atoms with E-state index in [-0.39, 0.29) is 6.61 Å². The van der Waals surface area contributed by atoms with Gasteiger partial charge in [0.2, 0.25) is 0 Å². The van der Waals surface area contributed by atoms with Crippen LogP contribution in [0.1, 0.15) is 6.92 Å². The molecule has 0 bridgehead atoms. The molecule has 0 radical (unpaired) electrons. The van der Waals surface area contributed by atoms with E-state index in [1.807, 2.05) is 0 Å². The van der Waals surface area contributed by atoms with Gasteiger partial charge in [-0.3, -0.25) is 9.05 Å². The predicted molar refractivity (Wildman–Crippen MR) is 83.5 cm³/mol. The molecule has 1 aliphatic rings. The summed E-state index contributed by atoms with van der Waals surface area (Å²) in [6, 6.07) is 0. The lowest BCUT2D eigenvalue weighted by Gasteiger charge is -2.21. The van der Waals surface area contributed by atoms with E-state index in [1.54, 1.807) is 0 Å². The highest BCUT2D eigenvalue weighted by Crippen LogP contribution is 2.67. The number of hydrogen-bond acceptors (Lipinski definition) is 10. The monoisotopic (exact) mass is 440 g/mol. The van der Waals surface area contributed by atoms with Crippen LogP contribution in [0.5, 0.6) is 0 Å². The highest BCUT2D eigenvalue weighted by atomic mass is 31.3. The summed E-state index contributed by atoms with van der Waals surface area (Å²) in [6.45, 7) is 0.626. The number of ether oxygens (including phenoxy) is 2. The molecule has 4 unspecified atom stereocenters. The summed E-state index contributed by atoms with van der Waals surface area (Å²) in [7, 11) is -15.0. The lowest BCUT2D eigenvalue weighted by molar-refractivity contribution is -0.0430. The number of terminal acetylenes is 1. The third-order valence-corrected chi connectivity index (χ3v) is 7.22. The maximum absolute atomic E-state index is 11.7. The van der Waals surface area contributed by atoms with Crippen molar-refractivity contribution in [3.05, 3.63) is 0 Å². The van der Waals surface area contributed by atoms with Gasteiger partial charge in [0.25, 0.3) is 0 Å². The summed E-state index contributed by atoms with van der Waals surface area (Å²) in [5.74, 6) is 2.17. The Kier molecular flexibility index (Phi) is 8.60. The number of rotatable bonds is 10. The highest BCUT2D eigenvalue weighted by Gasteiger charge is 2.45. The average molecular weight is 440 g/mol. The molecule has 16 heteroatoms. The van der Waals surface area contributed by atoms with E-state index >= 15 is 0 Å². The zero-order valence-corrected chi connectivity index (χ0v) is 16.3. The van der Waals surface area contributed by atoms with E-state index in [2.05, 4.69) is 23.6 Å². The third-order valence-electron chi connectivity index (χ3n) is 2.98. The molecule has 1 saturated heterocycles. The minimum Gasteiger partial charge on any atom is -0.388 e. The van der Waals surface area contributed by atoms with Crippen LogP contribution in [0.25, 0.3) is 0 Å². The number of aliphatic hydroxyl groups is 1. The predicted octanol–water partition coefficient (Wildman–Crippen LogP) is 0.150. The molecule has 152 valence electrons. The van der Waals surface area contributed by atoms with Gasteiger partial charge in [-0.25, -0.2) is 13.7 Å². The van der Waals surface area contributed by atoms with Crippen LogP contribution in [-0.4, -0.2) is 64.5 Å². The van der Waals surface area contributed by atoms with Crippen LogP contribution in [0.2, 0.25) is 0 Å². The molecule has 4 N–H and O–H groups in total. The van der Waals surface area contributed by atoms with Gasteiger partial charge in [0.05, 0.1) is 12.7 Å². The average Bonchev–Trinajstić information content (AvgIpc) is 2.76. The van der Waals surface area contributed by atoms with Crippen LogP contribution in [0.15, 0.2) is 0 Å². The van der Waals surface area contributed by atoms with Crippen molar-refractivity contribution in [2.24, 2.45) is 0 Å². The van der Waals surface area contributed by atoms with Crippen LogP contribution in [0.3, 0.4) is 0 Å². The van der Waals surface area contributed by atoms with Crippen molar-refractivity contribution < 1.29 is 60.6 Å². The van der Waals surface area contributed by atoms with Gasteiger partial charge in [0.15, 0.2) is 0 Å². The Morgan fingerprint density at radius 2 is 1.69 bits per heavy atom. The van der Waals surface area contributed by atoms with E-state index in [1.165, 1.54) is 6.92 Å². The van der Waals surface area contributed by atoms with Crippen LogP contribution >= 0.6 is 23.5 Å². The summed E-state index contributed by atoms with van der Waals surface area (Å²) in [5.41, 5.74) is 0. The minimum absolute atomic E-state index is 0.177. The molecular weight excluding hydrogens is 421 g/mol. The first-order chi connectivity index (χ1) is 11.8. The Morgan fingerprint density at radius 1 is 1.12 bits per heavy atom. The summed E-state index contributed by atoms with van der Waals surface area (Å²) < 4.78 is 60.7. The van der Waals surface area contributed by atoms with E-state index in [9.17, 15) is 28.6 Å². The second-order valence-corrected chi connectivity index (χ2v) is 9.64. The van der Waals surface area contributed by atoms with Gasteiger partial charge in [0.1, 0.15) is 24.9 Å². The Hall–Kier alpha value is -0.150. The number of aliphatic hydroxyl groups excluding tert-OH is 1. The molecular formula is C10H19O13P3. The van der Waals surface area contributed by atoms with Crippen molar-refractivity contribution in [3.63, 3.8) is 0 Å². The topological polar surface area (TPSA) is 188 Å². The number of hydrogen-bond donors (Lipinski definition) is 4. The zero-order chi connectivity index (χ0) is 20.2. The third kappa shape index (κ3) is 7.46. The number of phosphoric ester groups is 2. The Balaban J connectivity index is 2.69. The van der Waals surface area contributed by atoms with Crippen LogP contribution in [-0.2, 0) is 40.8 Å². The fourth-order valence-corrected chi connectivity index (χ4v) is 5.17. The minimum atomic E-state index is -5.49. The van der Waals surface area contributed by atoms with E-state index in [0.29, 0.717) is 7.11 Å². The molecule has 1 heterocycles. The van der Waals surface area contributed by atoms with Crippen molar-refractivity contribution in [1.29, 1.82) is 0 Å². The number of phosphoric acid groups is 3. The smallest absolute Gasteiger partial charge is 0.388 e. The maximum Gasteiger partial charge on any atom is 0.490 e. The molecule has 0 aromatic rings. The van der Waals surface area contributed by atoms with Crippen molar-refractivity contribution in [3.8, 4) is 12.3 Å². The van der Waals surface area contributed by atoms with Gasteiger partial charge in [-0.05, 0) is 6.92 Å². The molecule has 26 heavy (non-hydrogen) atoms. The molecule has 0 aliphatic carbocycles. The van der Waals surface area contributed by atoms with E-state index < -0.39 is 54.5 Å². The van der Waals surface area contributed by atoms with Crippen LogP contribution in [0, 0.1) is 12.3 Å². The Morgan fingerprint density at radius 3 is 2.23 bits per heavy atom. The van der Waals surface area contributed by atoms with Crippen molar-refractivity contribution in [1.82, 2.24) is 0 Å². The van der Waals surface area contributed by atoms with Gasteiger partial charge >= 0.3 is 23.5 Å². The quantitative estimate of drug-likeness (QED) is 0.266. The summed E-state index contributed by atoms with van der Waals surface area (Å²) in [4.78, 5) is 27.6. The van der Waals surface area contributed by atoms with Gasteiger partial charge in [-0.1, -0.05) is 5.92 Å². The molecule has 1 rings (SSSR count). The van der Waals surface area contributed by atoms with Gasteiger partial charge < -0.3 is 29.3 Å². The van der Waals surface area contributed by atoms with Gasteiger partial charge in [-0.2, -0.15) is 8.62 Å². The van der Waals surface area contributed by atoms with Gasteiger partial charge in [-0.15, -0.1) is 6.42 Å². The first kappa shape index (κ1) is 23.9. The fourth-order valence-electron chi connectivity index (χ4n) is 1.91. The largest absolute Gasteiger partial charge is 0.490 e. The summed E-state index contributed by atoms with van der Waals surface area (Å²) >= 11 is 0. The molecule has 0 amide bonds. The van der Waals surface area contributed by atoms with Crippen LogP contribution < -0.4 is 0 Å².